The maximum Gasteiger partial charge on any atom is 0.391 e. The van der Waals surface area contributed by atoms with E-state index in [1.807, 2.05) is 0 Å². The van der Waals surface area contributed by atoms with E-state index < -0.39 is 0 Å². The molecule has 0 aliphatic rings. The van der Waals surface area contributed by atoms with Crippen molar-refractivity contribution in [3.8, 4) is 6.08 Å². The largest absolute Gasteiger partial charge is 0.466 e. The molecule has 3 nitrogen and oxygen atoms in total. The molecular weight excluding hydrogens is 94.0 g/mol. The highest BCUT2D eigenvalue weighted by atomic mass is 16.5. The smallest absolute Gasteiger partial charge is 0.391 e. The topological polar surface area (TPSA) is 46.3 Å². The lowest BCUT2D eigenvalue weighted by atomic mass is 10.6. The van der Waals surface area contributed by atoms with Gasteiger partial charge in [0.15, 0.2) is 0 Å². The van der Waals surface area contributed by atoms with Crippen LogP contribution in [0.4, 0.5) is 0 Å². The Labute approximate surface area is 40.6 Å². The molecule has 0 fully saturated rings. The molecule has 0 unspecified atom stereocenters. The SMILES string of the molecule is Cc1coc(O)n1. The highest BCUT2D eigenvalue weighted by Crippen LogP contribution is 2.04. The van der Waals surface area contributed by atoms with E-state index in [0.717, 1.165) is 0 Å². The lowest BCUT2D eigenvalue weighted by Gasteiger charge is -1.68. The number of rotatable bonds is 0. The summed E-state index contributed by atoms with van der Waals surface area (Å²) in [6.45, 7) is 1.74. The van der Waals surface area contributed by atoms with Gasteiger partial charge in [-0.1, -0.05) is 0 Å². The van der Waals surface area contributed by atoms with E-state index in [9.17, 15) is 0 Å². The first kappa shape index (κ1) is 4.18. The summed E-state index contributed by atoms with van der Waals surface area (Å²) in [4.78, 5) is 3.50. The molecule has 1 rings (SSSR count). The summed E-state index contributed by atoms with van der Waals surface area (Å²) in [5.41, 5.74) is 0.692. The van der Waals surface area contributed by atoms with Gasteiger partial charge in [-0.05, 0) is 6.92 Å². The third-order valence-corrected chi connectivity index (χ3v) is 0.607. The predicted octanol–water partition coefficient (Wildman–Crippen LogP) is 0.689. The van der Waals surface area contributed by atoms with Crippen LogP contribution in [-0.2, 0) is 0 Å². The normalized spacial score (nSPS) is 9.29. The third-order valence-electron chi connectivity index (χ3n) is 0.607. The van der Waals surface area contributed by atoms with E-state index in [1.54, 1.807) is 6.92 Å². The fourth-order valence-electron chi connectivity index (χ4n) is 0.342. The van der Waals surface area contributed by atoms with E-state index in [0.29, 0.717) is 5.69 Å². The second kappa shape index (κ2) is 1.26. The average molecular weight is 99.1 g/mol. The average Bonchev–Trinajstić information content (AvgIpc) is 1.87. The van der Waals surface area contributed by atoms with E-state index in [-0.39, 0.29) is 6.08 Å². The van der Waals surface area contributed by atoms with Crippen molar-refractivity contribution in [2.75, 3.05) is 0 Å². The van der Waals surface area contributed by atoms with Crippen LogP contribution in [0.25, 0.3) is 0 Å². The van der Waals surface area contributed by atoms with Crippen LogP contribution in [0.2, 0.25) is 0 Å². The lowest BCUT2D eigenvalue weighted by Crippen LogP contribution is -1.63. The number of oxazole rings is 1. The number of aryl methyl sites for hydroxylation is 1. The summed E-state index contributed by atoms with van der Waals surface area (Å²) >= 11 is 0. The van der Waals surface area contributed by atoms with Crippen molar-refractivity contribution >= 4 is 0 Å². The van der Waals surface area contributed by atoms with Gasteiger partial charge in [-0.3, -0.25) is 0 Å². The van der Waals surface area contributed by atoms with Gasteiger partial charge in [0.2, 0.25) is 0 Å². The Morgan fingerprint density at radius 3 is 2.71 bits per heavy atom. The zero-order valence-electron chi connectivity index (χ0n) is 3.88. The summed E-state index contributed by atoms with van der Waals surface area (Å²) in [5, 5.41) is 8.38. The quantitative estimate of drug-likeness (QED) is 0.520. The van der Waals surface area contributed by atoms with Gasteiger partial charge >= 0.3 is 6.08 Å². The fourth-order valence-corrected chi connectivity index (χ4v) is 0.342. The molecule has 0 spiro atoms. The van der Waals surface area contributed by atoms with Gasteiger partial charge in [0.05, 0.1) is 5.69 Å². The van der Waals surface area contributed by atoms with Gasteiger partial charge < -0.3 is 9.52 Å². The van der Waals surface area contributed by atoms with Crippen LogP contribution >= 0.6 is 0 Å². The summed E-state index contributed by atoms with van der Waals surface area (Å²) in [7, 11) is 0. The van der Waals surface area contributed by atoms with Crippen molar-refractivity contribution in [2.24, 2.45) is 0 Å². The Balaban J connectivity index is 3.04. The molecule has 0 saturated carbocycles. The molecule has 1 aromatic heterocycles. The highest BCUT2D eigenvalue weighted by Gasteiger charge is 1.90. The van der Waals surface area contributed by atoms with Crippen LogP contribution in [-0.4, -0.2) is 10.1 Å². The Hall–Kier alpha value is -0.990. The molecule has 0 saturated heterocycles. The van der Waals surface area contributed by atoms with Crippen molar-refractivity contribution in [2.45, 2.75) is 6.92 Å². The lowest BCUT2D eigenvalue weighted by molar-refractivity contribution is 0.316. The molecular formula is C4H5NO2. The standard InChI is InChI=1S/C4H5NO2/c1-3-2-7-4(6)5-3/h2H,1H3,(H,5,6). The second-order valence-electron chi connectivity index (χ2n) is 1.27. The van der Waals surface area contributed by atoms with Crippen LogP contribution in [0.1, 0.15) is 5.69 Å². The molecule has 7 heavy (non-hydrogen) atoms. The molecule has 0 aliphatic carbocycles. The van der Waals surface area contributed by atoms with Gasteiger partial charge in [0.1, 0.15) is 6.26 Å². The fraction of sp³-hybridized carbons (Fsp3) is 0.250. The first-order valence-electron chi connectivity index (χ1n) is 1.90. The Morgan fingerprint density at radius 2 is 2.57 bits per heavy atom. The van der Waals surface area contributed by atoms with E-state index in [2.05, 4.69) is 9.40 Å². The van der Waals surface area contributed by atoms with Crippen LogP contribution in [0, 0.1) is 6.92 Å². The first-order valence-corrected chi connectivity index (χ1v) is 1.90. The van der Waals surface area contributed by atoms with Crippen LogP contribution in [0.5, 0.6) is 6.08 Å². The molecule has 38 valence electrons. The van der Waals surface area contributed by atoms with Gasteiger partial charge in [0.25, 0.3) is 0 Å². The van der Waals surface area contributed by atoms with Crippen LogP contribution < -0.4 is 0 Å². The summed E-state index contributed by atoms with van der Waals surface area (Å²) in [6.07, 6.45) is 1.12. The second-order valence-corrected chi connectivity index (χ2v) is 1.27. The van der Waals surface area contributed by atoms with E-state index >= 15 is 0 Å². The van der Waals surface area contributed by atoms with E-state index in [1.165, 1.54) is 6.26 Å². The molecule has 1 aromatic rings. The van der Waals surface area contributed by atoms with Gasteiger partial charge in [-0.15, -0.1) is 0 Å². The third kappa shape index (κ3) is 0.707. The Morgan fingerprint density at radius 1 is 1.86 bits per heavy atom. The van der Waals surface area contributed by atoms with Crippen LogP contribution in [0.3, 0.4) is 0 Å². The number of hydrogen-bond acceptors (Lipinski definition) is 3. The number of aromatic nitrogens is 1. The molecule has 0 atom stereocenters. The number of nitrogens with zero attached hydrogens (tertiary/aromatic N) is 1. The van der Waals surface area contributed by atoms with Crippen molar-refractivity contribution in [3.63, 3.8) is 0 Å². The van der Waals surface area contributed by atoms with Crippen molar-refractivity contribution < 1.29 is 9.52 Å². The zero-order chi connectivity index (χ0) is 5.28. The van der Waals surface area contributed by atoms with Crippen molar-refractivity contribution in [1.29, 1.82) is 0 Å². The minimum absolute atomic E-state index is 0.266. The van der Waals surface area contributed by atoms with Gasteiger partial charge in [-0.2, -0.15) is 4.98 Å². The predicted molar refractivity (Wildman–Crippen MR) is 22.9 cm³/mol. The maximum atomic E-state index is 8.38. The summed E-state index contributed by atoms with van der Waals surface area (Å²) in [6, 6.07) is 0. The number of aromatic hydroxyl groups is 1. The van der Waals surface area contributed by atoms with Crippen LogP contribution in [0.15, 0.2) is 10.7 Å². The van der Waals surface area contributed by atoms with Crippen molar-refractivity contribution in [1.82, 2.24) is 4.98 Å². The molecule has 0 bridgehead atoms. The van der Waals surface area contributed by atoms with Gasteiger partial charge in [0, 0.05) is 0 Å². The molecule has 0 amide bonds. The minimum Gasteiger partial charge on any atom is -0.466 e. The minimum atomic E-state index is -0.266. The molecule has 1 N–H and O–H groups in total. The Bertz CT molecular complexity index is 142. The molecule has 0 radical (unpaired) electrons. The molecule has 0 aromatic carbocycles. The summed E-state index contributed by atoms with van der Waals surface area (Å²) in [5.74, 6) is 0. The summed E-state index contributed by atoms with van der Waals surface area (Å²) < 4.78 is 4.41. The molecule has 0 aliphatic heterocycles. The first-order chi connectivity index (χ1) is 3.29. The van der Waals surface area contributed by atoms with E-state index in [4.69, 9.17) is 5.11 Å². The van der Waals surface area contributed by atoms with Crippen molar-refractivity contribution in [3.05, 3.63) is 12.0 Å². The highest BCUT2D eigenvalue weighted by molar-refractivity contribution is 4.93. The zero-order valence-corrected chi connectivity index (χ0v) is 3.88. The maximum absolute atomic E-state index is 8.38. The molecule has 1 heterocycles. The Kier molecular flexibility index (Phi) is 0.749. The monoisotopic (exact) mass is 99.0 g/mol. The molecule has 3 heteroatoms. The van der Waals surface area contributed by atoms with Gasteiger partial charge in [-0.25, -0.2) is 0 Å². The number of hydrogen-bond donors (Lipinski definition) is 1.